The first-order chi connectivity index (χ1) is 18.2. The highest BCUT2D eigenvalue weighted by Gasteiger charge is 2.12. The van der Waals surface area contributed by atoms with Crippen LogP contribution < -0.4 is 19.5 Å². The van der Waals surface area contributed by atoms with E-state index in [-0.39, 0.29) is 5.82 Å². The molecule has 9 nitrogen and oxygen atoms in total. The van der Waals surface area contributed by atoms with Gasteiger partial charge in [0, 0.05) is 48.9 Å². The van der Waals surface area contributed by atoms with Crippen LogP contribution in [0, 0.1) is 5.82 Å². The van der Waals surface area contributed by atoms with Gasteiger partial charge in [-0.15, -0.1) is 0 Å². The molecular formula is C27H28FN5O4. The van der Waals surface area contributed by atoms with Crippen molar-refractivity contribution in [1.29, 1.82) is 0 Å². The summed E-state index contributed by atoms with van der Waals surface area (Å²) < 4.78 is 36.1. The molecule has 0 atom stereocenters. The van der Waals surface area contributed by atoms with Crippen LogP contribution in [0.2, 0.25) is 0 Å². The summed E-state index contributed by atoms with van der Waals surface area (Å²) in [6, 6.07) is 13.1. The summed E-state index contributed by atoms with van der Waals surface area (Å²) in [6.07, 6.45) is 4.06. The maximum atomic E-state index is 13.5. The van der Waals surface area contributed by atoms with Crippen LogP contribution in [0.4, 0.5) is 15.9 Å². The second kappa shape index (κ2) is 11.8. The molecule has 1 saturated heterocycles. The number of ether oxygens (including phenoxy) is 4. The van der Waals surface area contributed by atoms with E-state index in [9.17, 15) is 4.39 Å². The van der Waals surface area contributed by atoms with Crippen molar-refractivity contribution in [2.24, 2.45) is 0 Å². The zero-order chi connectivity index (χ0) is 25.5. The zero-order valence-corrected chi connectivity index (χ0v) is 20.5. The molecule has 2 aromatic heterocycles. The van der Waals surface area contributed by atoms with E-state index in [1.165, 1.54) is 18.5 Å². The Hall–Kier alpha value is -4.02. The van der Waals surface area contributed by atoms with Crippen molar-refractivity contribution in [3.8, 4) is 23.1 Å². The Labute approximate surface area is 214 Å². The Balaban J connectivity index is 1.27. The molecule has 2 aromatic carbocycles. The number of aromatic nitrogens is 3. The molecule has 3 heterocycles. The summed E-state index contributed by atoms with van der Waals surface area (Å²) in [5.41, 5.74) is 1.42. The van der Waals surface area contributed by atoms with Crippen LogP contribution in [0.5, 0.6) is 23.1 Å². The van der Waals surface area contributed by atoms with Crippen LogP contribution >= 0.6 is 0 Å². The number of nitrogens with one attached hydrogen (secondary N) is 1. The minimum absolute atomic E-state index is 0.375. The van der Waals surface area contributed by atoms with Gasteiger partial charge >= 0.3 is 0 Å². The fraction of sp³-hybridized carbons (Fsp3) is 0.296. The predicted molar refractivity (Wildman–Crippen MR) is 137 cm³/mol. The van der Waals surface area contributed by atoms with Crippen LogP contribution in [0.15, 0.2) is 61.1 Å². The third-order valence-corrected chi connectivity index (χ3v) is 5.92. The van der Waals surface area contributed by atoms with Crippen LogP contribution in [-0.4, -0.2) is 66.4 Å². The number of halogens is 1. The molecule has 1 aliphatic rings. The maximum absolute atomic E-state index is 13.5. The number of anilines is 2. The molecule has 0 radical (unpaired) electrons. The standard InChI is InChI=1S/C27H28FN5O4/c1-34-25-15-20(6-7-24(25)37-21-5-2-4-19(28)14-21)32-27-22-16-26(29-17-23(22)30-18-31-27)36-11-3-8-33-9-12-35-13-10-33/h2,4-7,14-18H,3,8-13H2,1H3,(H,30,31,32). The van der Waals surface area contributed by atoms with Gasteiger partial charge in [0.1, 0.15) is 23.7 Å². The van der Waals surface area contributed by atoms with Gasteiger partial charge in [0.25, 0.3) is 0 Å². The smallest absolute Gasteiger partial charge is 0.214 e. The third kappa shape index (κ3) is 6.41. The first kappa shape index (κ1) is 24.7. The lowest BCUT2D eigenvalue weighted by molar-refractivity contribution is 0.0357. The van der Waals surface area contributed by atoms with Crippen LogP contribution in [0.3, 0.4) is 0 Å². The Bertz CT molecular complexity index is 1350. The average molecular weight is 506 g/mol. The highest BCUT2D eigenvalue weighted by atomic mass is 19.1. The van der Waals surface area contributed by atoms with Crippen LogP contribution in [0.1, 0.15) is 6.42 Å². The molecule has 1 aliphatic heterocycles. The molecule has 0 aliphatic carbocycles. The topological polar surface area (TPSA) is 90.9 Å². The lowest BCUT2D eigenvalue weighted by Crippen LogP contribution is -2.37. The number of pyridine rings is 1. The first-order valence-corrected chi connectivity index (χ1v) is 12.1. The third-order valence-electron chi connectivity index (χ3n) is 5.92. The Morgan fingerprint density at radius 3 is 2.76 bits per heavy atom. The Kier molecular flexibility index (Phi) is 7.87. The summed E-state index contributed by atoms with van der Waals surface area (Å²) in [4.78, 5) is 15.5. The molecule has 0 spiro atoms. The van der Waals surface area contributed by atoms with Crippen LogP contribution in [0.25, 0.3) is 10.9 Å². The molecule has 10 heteroatoms. The quantitative estimate of drug-likeness (QED) is 0.305. The normalized spacial score (nSPS) is 13.9. The largest absolute Gasteiger partial charge is 0.493 e. The Morgan fingerprint density at radius 2 is 1.92 bits per heavy atom. The summed E-state index contributed by atoms with van der Waals surface area (Å²) in [5, 5.41) is 4.09. The van der Waals surface area contributed by atoms with Crippen molar-refractivity contribution < 1.29 is 23.3 Å². The van der Waals surface area contributed by atoms with E-state index in [1.54, 1.807) is 37.6 Å². The first-order valence-electron chi connectivity index (χ1n) is 12.1. The van der Waals surface area contributed by atoms with Gasteiger partial charge in [0.05, 0.1) is 38.6 Å². The molecule has 4 aromatic rings. The molecule has 5 rings (SSSR count). The Morgan fingerprint density at radius 1 is 1.03 bits per heavy atom. The van der Waals surface area contributed by atoms with Crippen molar-refractivity contribution in [1.82, 2.24) is 19.9 Å². The summed E-state index contributed by atoms with van der Waals surface area (Å²) >= 11 is 0. The van der Waals surface area contributed by atoms with E-state index in [0.717, 1.165) is 50.3 Å². The van der Waals surface area contributed by atoms with E-state index >= 15 is 0 Å². The van der Waals surface area contributed by atoms with Crippen molar-refractivity contribution in [3.05, 3.63) is 66.9 Å². The van der Waals surface area contributed by atoms with Crippen molar-refractivity contribution >= 4 is 22.4 Å². The SMILES string of the molecule is COc1cc(Nc2ncnc3cnc(OCCCN4CCOCC4)cc23)ccc1Oc1cccc(F)c1. The van der Waals surface area contributed by atoms with E-state index in [1.807, 2.05) is 12.1 Å². The van der Waals surface area contributed by atoms with E-state index in [0.29, 0.717) is 41.1 Å². The van der Waals surface area contributed by atoms with Crippen molar-refractivity contribution in [3.63, 3.8) is 0 Å². The summed E-state index contributed by atoms with van der Waals surface area (Å²) in [7, 11) is 1.55. The number of methoxy groups -OCH3 is 1. The lowest BCUT2D eigenvalue weighted by Gasteiger charge is -2.26. The van der Waals surface area contributed by atoms with Gasteiger partial charge in [-0.25, -0.2) is 19.3 Å². The van der Waals surface area contributed by atoms with Gasteiger partial charge in [-0.05, 0) is 30.7 Å². The number of morpholine rings is 1. The van der Waals surface area contributed by atoms with E-state index in [4.69, 9.17) is 18.9 Å². The molecule has 192 valence electrons. The van der Waals surface area contributed by atoms with Gasteiger partial charge in [-0.1, -0.05) is 6.07 Å². The van der Waals surface area contributed by atoms with Gasteiger partial charge in [0.15, 0.2) is 11.5 Å². The van der Waals surface area contributed by atoms with Crippen LogP contribution in [-0.2, 0) is 4.74 Å². The highest BCUT2D eigenvalue weighted by Crippen LogP contribution is 2.35. The molecule has 1 N–H and O–H groups in total. The molecule has 1 fully saturated rings. The molecule has 0 bridgehead atoms. The highest BCUT2D eigenvalue weighted by molar-refractivity contribution is 5.90. The van der Waals surface area contributed by atoms with Crippen molar-refractivity contribution in [2.45, 2.75) is 6.42 Å². The number of nitrogens with zero attached hydrogens (tertiary/aromatic N) is 4. The van der Waals surface area contributed by atoms with E-state index < -0.39 is 0 Å². The van der Waals surface area contributed by atoms with Gasteiger partial charge < -0.3 is 24.3 Å². The molecule has 0 unspecified atom stereocenters. The lowest BCUT2D eigenvalue weighted by atomic mass is 10.2. The van der Waals surface area contributed by atoms with Gasteiger partial charge in [0.2, 0.25) is 5.88 Å². The summed E-state index contributed by atoms with van der Waals surface area (Å²) in [5.74, 6) is 2.07. The number of hydrogen-bond donors (Lipinski definition) is 1. The fourth-order valence-corrected chi connectivity index (χ4v) is 4.03. The monoisotopic (exact) mass is 505 g/mol. The molecule has 0 saturated carbocycles. The second-order valence-corrected chi connectivity index (χ2v) is 8.47. The van der Waals surface area contributed by atoms with E-state index in [2.05, 4.69) is 25.2 Å². The minimum Gasteiger partial charge on any atom is -0.493 e. The average Bonchev–Trinajstić information content (AvgIpc) is 2.93. The minimum atomic E-state index is -0.375. The number of fused-ring (bicyclic) bond motifs is 1. The zero-order valence-electron chi connectivity index (χ0n) is 20.5. The molecule has 37 heavy (non-hydrogen) atoms. The maximum Gasteiger partial charge on any atom is 0.214 e. The van der Waals surface area contributed by atoms with Gasteiger partial charge in [-0.3, -0.25) is 4.90 Å². The van der Waals surface area contributed by atoms with Crippen molar-refractivity contribution in [2.75, 3.05) is 51.9 Å². The predicted octanol–water partition coefficient (Wildman–Crippen LogP) is 4.81. The molecule has 0 amide bonds. The molecular weight excluding hydrogens is 477 g/mol. The van der Waals surface area contributed by atoms with Gasteiger partial charge in [-0.2, -0.15) is 0 Å². The number of rotatable bonds is 10. The number of benzene rings is 2. The number of hydrogen-bond acceptors (Lipinski definition) is 9. The summed E-state index contributed by atoms with van der Waals surface area (Å²) in [6.45, 7) is 5.03. The second-order valence-electron chi connectivity index (χ2n) is 8.47. The fourth-order valence-electron chi connectivity index (χ4n) is 4.03.